The molecule has 0 radical (unpaired) electrons. The topological polar surface area (TPSA) is 63.7 Å². The number of carbonyl (C=O) groups excluding carboxylic acids is 1. The Balaban J connectivity index is 1.56. The van der Waals surface area contributed by atoms with Gasteiger partial charge in [-0.3, -0.25) is 4.98 Å². The number of nitrogens with one attached hydrogen (secondary N) is 1. The van der Waals surface area contributed by atoms with Crippen LogP contribution in [0.25, 0.3) is 0 Å². The number of anilines is 1. The first-order valence-corrected chi connectivity index (χ1v) is 9.50. The molecule has 1 N–H and O–H groups in total. The Morgan fingerprint density at radius 2 is 2.04 bits per heavy atom. The molecule has 2 aromatic rings. The number of benzene rings is 1. The summed E-state index contributed by atoms with van der Waals surface area (Å²) >= 11 is 0. The fourth-order valence-electron chi connectivity index (χ4n) is 3.33. The summed E-state index contributed by atoms with van der Waals surface area (Å²) in [4.78, 5) is 18.8. The van der Waals surface area contributed by atoms with Crippen LogP contribution in [0.15, 0.2) is 48.8 Å². The molecule has 0 aliphatic carbocycles. The van der Waals surface area contributed by atoms with Gasteiger partial charge < -0.3 is 19.7 Å². The molecule has 1 aromatic heterocycles. The lowest BCUT2D eigenvalue weighted by Gasteiger charge is -2.25. The van der Waals surface area contributed by atoms with Gasteiger partial charge in [-0.25, -0.2) is 4.79 Å². The van der Waals surface area contributed by atoms with Crippen LogP contribution >= 0.6 is 0 Å². The molecule has 3 rings (SSSR count). The molecule has 6 nitrogen and oxygen atoms in total. The van der Waals surface area contributed by atoms with Gasteiger partial charge in [0.2, 0.25) is 0 Å². The molecule has 0 unspecified atom stereocenters. The maximum absolute atomic E-state index is 12.8. The molecule has 1 saturated heterocycles. The van der Waals surface area contributed by atoms with Crippen molar-refractivity contribution in [2.45, 2.75) is 32.4 Å². The average molecular weight is 369 g/mol. The van der Waals surface area contributed by atoms with Crippen LogP contribution in [0.4, 0.5) is 10.5 Å². The predicted octanol–water partition coefficient (Wildman–Crippen LogP) is 4.00. The van der Waals surface area contributed by atoms with Crippen molar-refractivity contribution in [3.63, 3.8) is 0 Å². The minimum atomic E-state index is -0.0660. The second-order valence-corrected chi connectivity index (χ2v) is 6.51. The molecule has 0 saturated carbocycles. The van der Waals surface area contributed by atoms with E-state index in [2.05, 4.69) is 10.3 Å². The summed E-state index contributed by atoms with van der Waals surface area (Å²) in [7, 11) is 0. The van der Waals surface area contributed by atoms with Crippen molar-refractivity contribution in [2.75, 3.05) is 31.7 Å². The minimum Gasteiger partial charge on any atom is -0.379 e. The molecule has 0 bridgehead atoms. The number of likely N-dealkylation sites (tertiary alicyclic amines) is 1. The zero-order valence-corrected chi connectivity index (χ0v) is 15.8. The third-order valence-electron chi connectivity index (χ3n) is 4.63. The van der Waals surface area contributed by atoms with E-state index in [9.17, 15) is 4.79 Å². The number of hydrogen-bond acceptors (Lipinski definition) is 4. The molecular formula is C21H27N3O3. The van der Waals surface area contributed by atoms with Crippen molar-refractivity contribution >= 4 is 11.7 Å². The summed E-state index contributed by atoms with van der Waals surface area (Å²) in [5.74, 6) is 0. The molecule has 2 heterocycles. The van der Waals surface area contributed by atoms with Gasteiger partial charge in [0.05, 0.1) is 25.9 Å². The van der Waals surface area contributed by atoms with E-state index in [1.807, 2.05) is 48.2 Å². The van der Waals surface area contributed by atoms with Gasteiger partial charge in [-0.15, -0.1) is 0 Å². The van der Waals surface area contributed by atoms with Crippen LogP contribution in [0.3, 0.4) is 0 Å². The third kappa shape index (κ3) is 5.52. The number of nitrogens with zero attached hydrogens (tertiary/aromatic N) is 2. The van der Waals surface area contributed by atoms with E-state index in [4.69, 9.17) is 9.47 Å². The van der Waals surface area contributed by atoms with Gasteiger partial charge in [0, 0.05) is 31.2 Å². The minimum absolute atomic E-state index is 0.0660. The Morgan fingerprint density at radius 3 is 2.85 bits per heavy atom. The molecular weight excluding hydrogens is 342 g/mol. The zero-order chi connectivity index (χ0) is 18.9. The molecule has 1 aliphatic heterocycles. The van der Waals surface area contributed by atoms with Crippen molar-refractivity contribution in [3.8, 4) is 0 Å². The molecule has 6 heteroatoms. The van der Waals surface area contributed by atoms with Crippen molar-refractivity contribution in [1.82, 2.24) is 9.88 Å². The largest absolute Gasteiger partial charge is 0.379 e. The highest BCUT2D eigenvalue weighted by molar-refractivity contribution is 5.89. The van der Waals surface area contributed by atoms with E-state index in [0.717, 1.165) is 36.2 Å². The molecule has 27 heavy (non-hydrogen) atoms. The molecule has 1 aromatic carbocycles. The fourth-order valence-corrected chi connectivity index (χ4v) is 3.33. The Hall–Kier alpha value is -2.44. The predicted molar refractivity (Wildman–Crippen MR) is 105 cm³/mol. The number of pyridine rings is 1. The average Bonchev–Trinajstić information content (AvgIpc) is 3.19. The summed E-state index contributed by atoms with van der Waals surface area (Å²) in [5, 5.41) is 3.03. The maximum atomic E-state index is 12.8. The second kappa shape index (κ2) is 10.0. The zero-order valence-electron chi connectivity index (χ0n) is 15.8. The smallest absolute Gasteiger partial charge is 0.322 e. The summed E-state index contributed by atoms with van der Waals surface area (Å²) in [6.07, 6.45) is 5.54. The van der Waals surface area contributed by atoms with Crippen LogP contribution in [0, 0.1) is 0 Å². The quantitative estimate of drug-likeness (QED) is 0.714. The van der Waals surface area contributed by atoms with Crippen LogP contribution in [0.2, 0.25) is 0 Å². The van der Waals surface area contributed by atoms with E-state index < -0.39 is 0 Å². The lowest BCUT2D eigenvalue weighted by molar-refractivity contribution is 0.0453. The third-order valence-corrected chi connectivity index (χ3v) is 4.63. The van der Waals surface area contributed by atoms with Crippen LogP contribution in [0.5, 0.6) is 0 Å². The standard InChI is InChI=1S/C21H27N3O3/c1-2-26-13-14-27-16-17-5-3-6-19(15-17)23-21(25)24-12-4-7-20(24)18-8-10-22-11-9-18/h3,5-6,8-11,15,20H,2,4,7,12-14,16H2,1H3,(H,23,25)/t20-/m1/s1. The number of urea groups is 1. The van der Waals surface area contributed by atoms with E-state index in [1.54, 1.807) is 12.4 Å². The molecule has 1 fully saturated rings. The number of hydrogen-bond donors (Lipinski definition) is 1. The van der Waals surface area contributed by atoms with Crippen LogP contribution < -0.4 is 5.32 Å². The highest BCUT2D eigenvalue weighted by atomic mass is 16.5. The second-order valence-electron chi connectivity index (χ2n) is 6.51. The fraction of sp³-hybridized carbons (Fsp3) is 0.429. The van der Waals surface area contributed by atoms with E-state index in [0.29, 0.717) is 26.4 Å². The Labute approximate surface area is 160 Å². The van der Waals surface area contributed by atoms with Gasteiger partial charge in [0.1, 0.15) is 0 Å². The van der Waals surface area contributed by atoms with Gasteiger partial charge in [-0.2, -0.15) is 0 Å². The van der Waals surface area contributed by atoms with E-state index in [-0.39, 0.29) is 12.1 Å². The normalized spacial score (nSPS) is 16.5. The van der Waals surface area contributed by atoms with Crippen LogP contribution in [0.1, 0.15) is 36.9 Å². The molecule has 0 spiro atoms. The molecule has 1 aliphatic rings. The summed E-state index contributed by atoms with van der Waals surface area (Å²) in [6.45, 7) is 5.08. The van der Waals surface area contributed by atoms with Crippen LogP contribution in [-0.2, 0) is 16.1 Å². The Bertz CT molecular complexity index is 724. The van der Waals surface area contributed by atoms with Crippen LogP contribution in [-0.4, -0.2) is 42.3 Å². The first-order valence-electron chi connectivity index (χ1n) is 9.50. The number of aromatic nitrogens is 1. The lowest BCUT2D eigenvalue weighted by Crippen LogP contribution is -2.34. The highest BCUT2D eigenvalue weighted by Gasteiger charge is 2.29. The van der Waals surface area contributed by atoms with Gasteiger partial charge in [-0.05, 0) is 55.2 Å². The Kier molecular flexibility index (Phi) is 7.19. The van der Waals surface area contributed by atoms with Gasteiger partial charge in [-0.1, -0.05) is 12.1 Å². The molecule has 2 amide bonds. The number of amides is 2. The first kappa shape index (κ1) is 19.3. The summed E-state index contributed by atoms with van der Waals surface area (Å²) < 4.78 is 10.9. The summed E-state index contributed by atoms with van der Waals surface area (Å²) in [6, 6.07) is 11.8. The van der Waals surface area contributed by atoms with Crippen molar-refractivity contribution < 1.29 is 14.3 Å². The van der Waals surface area contributed by atoms with Crippen molar-refractivity contribution in [3.05, 3.63) is 59.9 Å². The van der Waals surface area contributed by atoms with E-state index in [1.165, 1.54) is 0 Å². The SMILES string of the molecule is CCOCCOCc1cccc(NC(=O)N2CCC[C@@H]2c2ccncc2)c1. The van der Waals surface area contributed by atoms with Gasteiger partial charge in [0.15, 0.2) is 0 Å². The molecule has 1 atom stereocenters. The maximum Gasteiger partial charge on any atom is 0.322 e. The Morgan fingerprint density at radius 1 is 1.22 bits per heavy atom. The highest BCUT2D eigenvalue weighted by Crippen LogP contribution is 2.32. The van der Waals surface area contributed by atoms with Gasteiger partial charge >= 0.3 is 6.03 Å². The number of carbonyl (C=O) groups is 1. The number of ether oxygens (including phenoxy) is 2. The number of rotatable bonds is 8. The van der Waals surface area contributed by atoms with Gasteiger partial charge in [0.25, 0.3) is 0 Å². The summed E-state index contributed by atoms with van der Waals surface area (Å²) in [5.41, 5.74) is 2.94. The van der Waals surface area contributed by atoms with E-state index >= 15 is 0 Å². The van der Waals surface area contributed by atoms with Crippen molar-refractivity contribution in [1.29, 1.82) is 0 Å². The molecule has 144 valence electrons. The lowest BCUT2D eigenvalue weighted by atomic mass is 10.1. The monoisotopic (exact) mass is 369 g/mol. The van der Waals surface area contributed by atoms with Crippen molar-refractivity contribution in [2.24, 2.45) is 0 Å². The first-order chi connectivity index (χ1) is 13.3.